The van der Waals surface area contributed by atoms with Crippen LogP contribution in [-0.2, 0) is 19.1 Å². The zero-order valence-electron chi connectivity index (χ0n) is 17.7. The molecule has 31 heavy (non-hydrogen) atoms. The number of hydrazine groups is 1. The highest BCUT2D eigenvalue weighted by Gasteiger charge is 2.71. The summed E-state index contributed by atoms with van der Waals surface area (Å²) in [5.41, 5.74) is 7.55. The third kappa shape index (κ3) is 4.84. The monoisotopic (exact) mass is 434 g/mol. The smallest absolute Gasteiger partial charge is 0.323 e. The third-order valence-electron chi connectivity index (χ3n) is 6.73. The second-order valence-electron chi connectivity index (χ2n) is 8.69. The van der Waals surface area contributed by atoms with E-state index in [1.165, 1.54) is 0 Å². The summed E-state index contributed by atoms with van der Waals surface area (Å²) < 4.78 is 10.1. The second-order valence-corrected chi connectivity index (χ2v) is 8.69. The normalized spacial score (nSPS) is 34.6. The van der Waals surface area contributed by atoms with E-state index in [2.05, 4.69) is 10.4 Å². The summed E-state index contributed by atoms with van der Waals surface area (Å²) in [6, 6.07) is -0.607. The lowest BCUT2D eigenvalue weighted by Gasteiger charge is -2.47. The van der Waals surface area contributed by atoms with Crippen molar-refractivity contribution in [2.75, 3.05) is 13.2 Å². The molecule has 3 fully saturated rings. The Labute approximate surface area is 183 Å². The maximum absolute atomic E-state index is 12.6. The number of carbonyl (C=O) groups excluding carboxylic acids is 2. The van der Waals surface area contributed by atoms with Crippen LogP contribution in [-0.4, -0.2) is 73.5 Å². The van der Waals surface area contributed by atoms with Crippen molar-refractivity contribution in [1.29, 1.82) is 0 Å². The Kier molecular flexibility index (Phi) is 6.90. The first-order valence-electron chi connectivity index (χ1n) is 10.6. The molecule has 0 aromatic rings. The van der Waals surface area contributed by atoms with Crippen LogP contribution in [0, 0.1) is 11.8 Å². The first kappa shape index (κ1) is 23.8. The molecule has 2 heterocycles. The lowest BCUT2D eigenvalue weighted by molar-refractivity contribution is -0.152. The van der Waals surface area contributed by atoms with Gasteiger partial charge in [0.25, 0.3) is 0 Å². The average molecular weight is 434 g/mol. The van der Waals surface area contributed by atoms with Crippen LogP contribution in [0.1, 0.15) is 45.4 Å². The molecule has 169 valence electrons. The van der Waals surface area contributed by atoms with E-state index in [0.717, 1.165) is 12.8 Å². The van der Waals surface area contributed by atoms with E-state index in [9.17, 15) is 19.8 Å². The third-order valence-corrected chi connectivity index (χ3v) is 6.73. The Morgan fingerprint density at radius 2 is 2.13 bits per heavy atom. The summed E-state index contributed by atoms with van der Waals surface area (Å²) in [7, 11) is 8.53. The first-order valence-corrected chi connectivity index (χ1v) is 10.6. The van der Waals surface area contributed by atoms with E-state index in [-0.39, 0.29) is 43.2 Å². The van der Waals surface area contributed by atoms with Gasteiger partial charge in [0.05, 0.1) is 20.9 Å². The molecule has 3 radical (unpaired) electrons. The number of nitrogens with two attached hydrogens (primary N) is 2. The summed E-state index contributed by atoms with van der Waals surface area (Å²) in [5.74, 6) is 1.51. The van der Waals surface area contributed by atoms with E-state index >= 15 is 0 Å². The predicted octanol–water partition coefficient (Wildman–Crippen LogP) is -2.23. The van der Waals surface area contributed by atoms with E-state index in [1.807, 2.05) is 12.8 Å². The Bertz CT molecular complexity index is 740. The maximum atomic E-state index is 12.6. The van der Waals surface area contributed by atoms with Crippen molar-refractivity contribution < 1.29 is 29.3 Å². The van der Waals surface area contributed by atoms with Gasteiger partial charge >= 0.3 is 11.9 Å². The molecule has 5 atom stereocenters. The summed E-state index contributed by atoms with van der Waals surface area (Å²) >= 11 is 0. The van der Waals surface area contributed by atoms with Gasteiger partial charge in [0, 0.05) is 6.42 Å². The van der Waals surface area contributed by atoms with Gasteiger partial charge in [-0.25, -0.2) is 11.4 Å². The van der Waals surface area contributed by atoms with E-state index in [4.69, 9.17) is 28.9 Å². The summed E-state index contributed by atoms with van der Waals surface area (Å²) in [4.78, 5) is 24.0. The minimum Gasteiger partial charge on any atom is -0.466 e. The number of rotatable bonds is 9. The molecule has 1 aliphatic carbocycles. The van der Waals surface area contributed by atoms with Crippen LogP contribution in [0.15, 0.2) is 5.10 Å². The second kappa shape index (κ2) is 8.97. The molecule has 0 bridgehead atoms. The average Bonchev–Trinajstić information content (AvgIpc) is 3.31. The lowest BCUT2D eigenvalue weighted by atomic mass is 9.60. The van der Waals surface area contributed by atoms with Crippen LogP contribution >= 0.6 is 0 Å². The van der Waals surface area contributed by atoms with Crippen molar-refractivity contribution in [3.8, 4) is 0 Å². The maximum Gasteiger partial charge on any atom is 0.323 e. The van der Waals surface area contributed by atoms with Crippen molar-refractivity contribution in [2.45, 2.75) is 67.9 Å². The highest BCUT2D eigenvalue weighted by atomic mass is 16.5. The highest BCUT2D eigenvalue weighted by molar-refractivity contribution is 6.72. The molecule has 0 aromatic heterocycles. The highest BCUT2D eigenvalue weighted by Crippen LogP contribution is 2.69. The molecule has 2 saturated heterocycles. The van der Waals surface area contributed by atoms with Gasteiger partial charge in [0.2, 0.25) is 5.79 Å². The van der Waals surface area contributed by atoms with Crippen molar-refractivity contribution >= 4 is 32.9 Å². The minimum absolute atomic E-state index is 0.00263. The molecule has 3 aliphatic rings. The number of aliphatic hydroxyl groups is 2. The van der Waals surface area contributed by atoms with Gasteiger partial charge in [-0.2, -0.15) is 0 Å². The number of ether oxygens (including phenoxy) is 2. The summed E-state index contributed by atoms with van der Waals surface area (Å²) in [5, 5.41) is 26.2. The van der Waals surface area contributed by atoms with E-state index in [0.29, 0.717) is 12.8 Å². The SMILES string of the molecule is [B]C12[B]C13CCC(CC(O)(O)/C(N)=N/NN)CC3CC(C(=O)OCCC(=O)OCC)N2. The van der Waals surface area contributed by atoms with Gasteiger partial charge in [-0.15, -0.1) is 5.10 Å². The molecular weight excluding hydrogens is 404 g/mol. The van der Waals surface area contributed by atoms with E-state index in [1.54, 1.807) is 6.92 Å². The Morgan fingerprint density at radius 1 is 1.39 bits per heavy atom. The molecule has 0 aromatic carbocycles. The Hall–Kier alpha value is -1.82. The van der Waals surface area contributed by atoms with Crippen molar-refractivity contribution in [3.05, 3.63) is 0 Å². The number of amidine groups is 1. The largest absolute Gasteiger partial charge is 0.466 e. The van der Waals surface area contributed by atoms with Gasteiger partial charge in [-0.05, 0) is 36.9 Å². The molecular formula is C18H30B2N5O6. The van der Waals surface area contributed by atoms with Crippen LogP contribution in [0.3, 0.4) is 0 Å². The van der Waals surface area contributed by atoms with Gasteiger partial charge in [0.15, 0.2) is 5.84 Å². The summed E-state index contributed by atoms with van der Waals surface area (Å²) in [6.45, 7) is 1.93. The number of esters is 2. The van der Waals surface area contributed by atoms with Crippen molar-refractivity contribution in [1.82, 2.24) is 10.9 Å². The molecule has 3 rings (SSSR count). The van der Waals surface area contributed by atoms with Gasteiger partial charge in [0.1, 0.15) is 19.9 Å². The van der Waals surface area contributed by atoms with Crippen LogP contribution in [0.5, 0.6) is 0 Å². The fourth-order valence-electron chi connectivity index (χ4n) is 5.17. The zero-order chi connectivity index (χ0) is 22.9. The molecule has 1 spiro atoms. The molecule has 8 N–H and O–H groups in total. The minimum atomic E-state index is -2.28. The fraction of sp³-hybridized carbons (Fsp3) is 0.833. The molecule has 5 unspecified atom stereocenters. The number of nitrogens with one attached hydrogen (secondary N) is 2. The van der Waals surface area contributed by atoms with Crippen molar-refractivity contribution in [2.24, 2.45) is 28.5 Å². The first-order chi connectivity index (χ1) is 14.6. The zero-order valence-corrected chi connectivity index (χ0v) is 17.7. The van der Waals surface area contributed by atoms with Gasteiger partial charge in [-0.1, -0.05) is 18.2 Å². The van der Waals surface area contributed by atoms with Crippen LogP contribution in [0.25, 0.3) is 0 Å². The molecule has 1 saturated carbocycles. The van der Waals surface area contributed by atoms with Gasteiger partial charge < -0.3 is 30.7 Å². The Morgan fingerprint density at radius 3 is 2.81 bits per heavy atom. The Balaban J connectivity index is 1.58. The van der Waals surface area contributed by atoms with Crippen LogP contribution in [0.2, 0.25) is 5.31 Å². The quantitative estimate of drug-likeness (QED) is 0.0442. The standard InChI is InChI=1S/C18H30B2N5O6/c1-2-30-13(26)4-6-31-14(27)12-8-11-7-10(9-17(28,29)15(21)24-25-22)3-5-16(11)18(19,20-16)23-12/h10-12,23,25,28-29H,2-9,22H2,1H3,(H2,21,24). The number of piperidine rings is 1. The van der Waals surface area contributed by atoms with E-state index < -0.39 is 34.9 Å². The molecule has 0 amide bonds. The van der Waals surface area contributed by atoms with Crippen LogP contribution < -0.4 is 22.4 Å². The number of hydrogen-bond acceptors (Lipinski definition) is 10. The number of nitrogens with zero attached hydrogens (tertiary/aromatic N) is 1. The molecule has 13 heteroatoms. The fourth-order valence-corrected chi connectivity index (χ4v) is 5.17. The van der Waals surface area contributed by atoms with Gasteiger partial charge in [-0.3, -0.25) is 9.59 Å². The molecule has 2 aliphatic heterocycles. The predicted molar refractivity (Wildman–Crippen MR) is 112 cm³/mol. The summed E-state index contributed by atoms with van der Waals surface area (Å²) in [6.07, 6.45) is 2.64. The number of hydrogen-bond donors (Lipinski definition) is 6. The van der Waals surface area contributed by atoms with Crippen molar-refractivity contribution in [3.63, 3.8) is 0 Å². The number of hydrazone groups is 1. The lowest BCUT2D eigenvalue weighted by Crippen LogP contribution is -2.55. The van der Waals surface area contributed by atoms with Crippen LogP contribution in [0.4, 0.5) is 0 Å². The number of carbonyl (C=O) groups is 2. The topological polar surface area (TPSA) is 182 Å². The molecule has 11 nitrogen and oxygen atoms in total.